The maximum Gasteiger partial charge on any atom is 0.248 e. The molecule has 0 bridgehead atoms. The SMILES string of the molecule is CCCCCC(C)NS(=O)(=O)c1ccc(C(N)=O)cc1. The molecule has 0 fully saturated rings. The van der Waals surface area contributed by atoms with E-state index in [4.69, 9.17) is 5.73 Å². The first-order valence-corrected chi connectivity index (χ1v) is 8.27. The summed E-state index contributed by atoms with van der Waals surface area (Å²) >= 11 is 0. The van der Waals surface area contributed by atoms with Crippen molar-refractivity contribution >= 4 is 15.9 Å². The van der Waals surface area contributed by atoms with Gasteiger partial charge in [-0.1, -0.05) is 26.2 Å². The van der Waals surface area contributed by atoms with Crippen LogP contribution in [0.1, 0.15) is 49.9 Å². The Hall–Kier alpha value is -1.40. The topological polar surface area (TPSA) is 89.3 Å². The van der Waals surface area contributed by atoms with E-state index in [1.807, 2.05) is 6.92 Å². The molecule has 0 aliphatic heterocycles. The van der Waals surface area contributed by atoms with Crippen LogP contribution in [0, 0.1) is 0 Å². The van der Waals surface area contributed by atoms with E-state index < -0.39 is 15.9 Å². The highest BCUT2D eigenvalue weighted by atomic mass is 32.2. The minimum atomic E-state index is -3.54. The van der Waals surface area contributed by atoms with E-state index in [0.29, 0.717) is 5.56 Å². The van der Waals surface area contributed by atoms with E-state index in [2.05, 4.69) is 11.6 Å². The van der Waals surface area contributed by atoms with Gasteiger partial charge in [0.25, 0.3) is 0 Å². The van der Waals surface area contributed by atoms with Gasteiger partial charge in [0.15, 0.2) is 0 Å². The normalized spacial score (nSPS) is 13.1. The van der Waals surface area contributed by atoms with E-state index in [9.17, 15) is 13.2 Å². The van der Waals surface area contributed by atoms with E-state index in [-0.39, 0.29) is 10.9 Å². The summed E-state index contributed by atoms with van der Waals surface area (Å²) in [6, 6.07) is 5.50. The Morgan fingerprint density at radius 1 is 1.25 bits per heavy atom. The van der Waals surface area contributed by atoms with Gasteiger partial charge in [0.05, 0.1) is 4.90 Å². The number of amides is 1. The summed E-state index contributed by atoms with van der Waals surface area (Å²) < 4.78 is 26.9. The van der Waals surface area contributed by atoms with E-state index >= 15 is 0 Å². The predicted octanol–water partition coefficient (Wildman–Crippen LogP) is 2.03. The zero-order valence-corrected chi connectivity index (χ0v) is 12.7. The standard InChI is InChI=1S/C14H22N2O3S/c1-3-4-5-6-11(2)16-20(18,19)13-9-7-12(8-10-13)14(15)17/h7-11,16H,3-6H2,1-2H3,(H2,15,17). The van der Waals surface area contributed by atoms with Crippen molar-refractivity contribution in [1.82, 2.24) is 4.72 Å². The van der Waals surface area contributed by atoms with Crippen molar-refractivity contribution in [1.29, 1.82) is 0 Å². The molecule has 1 unspecified atom stereocenters. The lowest BCUT2D eigenvalue weighted by molar-refractivity contribution is 0.1000. The van der Waals surface area contributed by atoms with Crippen LogP contribution in [0.2, 0.25) is 0 Å². The number of unbranched alkanes of at least 4 members (excludes halogenated alkanes) is 2. The first kappa shape index (κ1) is 16.7. The second kappa shape index (κ2) is 7.40. The van der Waals surface area contributed by atoms with Crippen LogP contribution in [-0.2, 0) is 10.0 Å². The van der Waals surface area contributed by atoms with Gasteiger partial charge in [-0.15, -0.1) is 0 Å². The summed E-state index contributed by atoms with van der Waals surface area (Å²) in [7, 11) is -3.54. The molecule has 0 saturated heterocycles. The molecule has 0 saturated carbocycles. The molecule has 112 valence electrons. The van der Waals surface area contributed by atoms with Gasteiger partial charge in [-0.25, -0.2) is 13.1 Å². The van der Waals surface area contributed by atoms with Crippen LogP contribution in [-0.4, -0.2) is 20.4 Å². The zero-order chi connectivity index (χ0) is 15.2. The van der Waals surface area contributed by atoms with E-state index in [1.54, 1.807) is 0 Å². The van der Waals surface area contributed by atoms with Crippen molar-refractivity contribution in [3.8, 4) is 0 Å². The number of benzene rings is 1. The molecule has 1 atom stereocenters. The van der Waals surface area contributed by atoms with Crippen LogP contribution in [0.25, 0.3) is 0 Å². The number of sulfonamides is 1. The third-order valence-electron chi connectivity index (χ3n) is 3.05. The minimum Gasteiger partial charge on any atom is -0.366 e. The quantitative estimate of drug-likeness (QED) is 0.720. The van der Waals surface area contributed by atoms with Crippen LogP contribution in [0.5, 0.6) is 0 Å². The molecule has 0 aliphatic rings. The van der Waals surface area contributed by atoms with Crippen molar-refractivity contribution in [3.05, 3.63) is 29.8 Å². The highest BCUT2D eigenvalue weighted by Gasteiger charge is 2.17. The van der Waals surface area contributed by atoms with Crippen molar-refractivity contribution < 1.29 is 13.2 Å². The van der Waals surface area contributed by atoms with Crippen LogP contribution in [0.15, 0.2) is 29.2 Å². The Balaban J connectivity index is 2.70. The summed E-state index contributed by atoms with van der Waals surface area (Å²) in [6.07, 6.45) is 4.01. The molecular weight excluding hydrogens is 276 g/mol. The molecule has 5 nitrogen and oxygen atoms in total. The van der Waals surface area contributed by atoms with Crippen molar-refractivity contribution in [3.63, 3.8) is 0 Å². The number of nitrogens with one attached hydrogen (secondary N) is 1. The lowest BCUT2D eigenvalue weighted by Crippen LogP contribution is -2.32. The Morgan fingerprint density at radius 3 is 2.35 bits per heavy atom. The smallest absolute Gasteiger partial charge is 0.248 e. The molecule has 0 aliphatic carbocycles. The average Bonchev–Trinajstić information content (AvgIpc) is 2.38. The molecule has 0 aromatic heterocycles. The summed E-state index contributed by atoms with van der Waals surface area (Å²) in [5, 5.41) is 0. The fraction of sp³-hybridized carbons (Fsp3) is 0.500. The first-order valence-electron chi connectivity index (χ1n) is 6.79. The van der Waals surface area contributed by atoms with Gasteiger partial charge in [0, 0.05) is 11.6 Å². The third kappa shape index (κ3) is 4.94. The summed E-state index contributed by atoms with van der Waals surface area (Å²) in [4.78, 5) is 11.1. The number of carbonyl (C=O) groups excluding carboxylic acids is 1. The molecule has 6 heteroatoms. The van der Waals surface area contributed by atoms with Crippen molar-refractivity contribution in [2.75, 3.05) is 0 Å². The Kier molecular flexibility index (Phi) is 6.16. The second-order valence-corrected chi connectivity index (χ2v) is 6.62. The third-order valence-corrected chi connectivity index (χ3v) is 4.65. The molecule has 1 aromatic rings. The molecule has 0 radical (unpaired) electrons. The monoisotopic (exact) mass is 298 g/mol. The Morgan fingerprint density at radius 2 is 1.85 bits per heavy atom. The van der Waals surface area contributed by atoms with Gasteiger partial charge in [-0.3, -0.25) is 4.79 Å². The van der Waals surface area contributed by atoms with Crippen molar-refractivity contribution in [2.24, 2.45) is 5.73 Å². The van der Waals surface area contributed by atoms with Crippen molar-refractivity contribution in [2.45, 2.75) is 50.5 Å². The molecule has 1 aromatic carbocycles. The summed E-state index contributed by atoms with van der Waals surface area (Å²) in [5.41, 5.74) is 5.41. The summed E-state index contributed by atoms with van der Waals surface area (Å²) in [6.45, 7) is 3.96. The Bertz CT molecular complexity index is 538. The molecule has 1 amide bonds. The van der Waals surface area contributed by atoms with E-state index in [1.165, 1.54) is 24.3 Å². The first-order chi connectivity index (χ1) is 9.36. The second-order valence-electron chi connectivity index (χ2n) is 4.91. The number of carbonyl (C=O) groups is 1. The van der Waals surface area contributed by atoms with Gasteiger partial charge < -0.3 is 5.73 Å². The molecule has 0 spiro atoms. The van der Waals surface area contributed by atoms with Crippen LogP contribution in [0.3, 0.4) is 0 Å². The van der Waals surface area contributed by atoms with Crippen LogP contribution in [0.4, 0.5) is 0 Å². The van der Waals surface area contributed by atoms with Gasteiger partial charge in [-0.2, -0.15) is 0 Å². The maximum absolute atomic E-state index is 12.1. The maximum atomic E-state index is 12.1. The molecule has 20 heavy (non-hydrogen) atoms. The fourth-order valence-corrected chi connectivity index (χ4v) is 3.17. The average molecular weight is 298 g/mol. The predicted molar refractivity (Wildman–Crippen MR) is 78.9 cm³/mol. The number of nitrogens with two attached hydrogens (primary N) is 1. The van der Waals surface area contributed by atoms with Gasteiger partial charge in [0.1, 0.15) is 0 Å². The Labute approximate surface area is 120 Å². The molecule has 3 N–H and O–H groups in total. The van der Waals surface area contributed by atoms with Crippen LogP contribution < -0.4 is 10.5 Å². The molecular formula is C14H22N2O3S. The molecule has 0 heterocycles. The molecule has 1 rings (SSSR count). The van der Waals surface area contributed by atoms with Gasteiger partial charge in [0.2, 0.25) is 15.9 Å². The lowest BCUT2D eigenvalue weighted by atomic mass is 10.1. The fourth-order valence-electron chi connectivity index (χ4n) is 1.89. The van der Waals surface area contributed by atoms with E-state index in [0.717, 1.165) is 25.7 Å². The van der Waals surface area contributed by atoms with Gasteiger partial charge >= 0.3 is 0 Å². The lowest BCUT2D eigenvalue weighted by Gasteiger charge is -2.14. The zero-order valence-electron chi connectivity index (χ0n) is 11.9. The highest BCUT2D eigenvalue weighted by Crippen LogP contribution is 2.12. The highest BCUT2D eigenvalue weighted by molar-refractivity contribution is 7.89. The van der Waals surface area contributed by atoms with Crippen LogP contribution >= 0.6 is 0 Å². The van der Waals surface area contributed by atoms with Gasteiger partial charge in [-0.05, 0) is 37.6 Å². The number of primary amides is 1. The number of hydrogen-bond donors (Lipinski definition) is 2. The number of rotatable bonds is 8. The number of hydrogen-bond acceptors (Lipinski definition) is 3. The minimum absolute atomic E-state index is 0.109. The summed E-state index contributed by atoms with van der Waals surface area (Å²) in [5.74, 6) is -0.574. The largest absolute Gasteiger partial charge is 0.366 e.